The fraction of sp³-hybridized carbons (Fsp3) is 0.231. The summed E-state index contributed by atoms with van der Waals surface area (Å²) in [7, 11) is 0. The second kappa shape index (κ2) is 10.3. The number of nitrogens with zero attached hydrogens (tertiary/aromatic N) is 2. The summed E-state index contributed by atoms with van der Waals surface area (Å²) >= 11 is 0. The molecule has 0 aromatic heterocycles. The normalized spacial score (nSPS) is 15.9. The van der Waals surface area contributed by atoms with Crippen molar-refractivity contribution in [2.45, 2.75) is 31.3 Å². The lowest BCUT2D eigenvalue weighted by Crippen LogP contribution is -2.53. The number of guanidine groups is 1. The Bertz CT molecular complexity index is 1330. The van der Waals surface area contributed by atoms with E-state index in [1.165, 1.54) is 11.0 Å². The van der Waals surface area contributed by atoms with Crippen molar-refractivity contribution in [3.05, 3.63) is 71.8 Å². The number of primary amides is 1. The predicted octanol–water partition coefficient (Wildman–Crippen LogP) is 1.27. The second-order valence-corrected chi connectivity index (χ2v) is 8.71. The number of carbonyl (C=O) groups excluding carboxylic acids is 3. The van der Waals surface area contributed by atoms with Crippen molar-refractivity contribution in [3.63, 3.8) is 0 Å². The van der Waals surface area contributed by atoms with Gasteiger partial charge in [0, 0.05) is 18.4 Å². The van der Waals surface area contributed by atoms with Crippen LogP contribution < -0.4 is 22.5 Å². The first-order valence-electron chi connectivity index (χ1n) is 11.5. The van der Waals surface area contributed by atoms with E-state index in [4.69, 9.17) is 17.2 Å². The minimum Gasteiger partial charge on any atom is -0.506 e. The molecule has 4 rings (SSSR count). The van der Waals surface area contributed by atoms with E-state index in [9.17, 15) is 19.5 Å². The summed E-state index contributed by atoms with van der Waals surface area (Å²) in [5, 5.41) is 14.8. The monoisotopic (exact) mass is 488 g/mol. The molecule has 1 saturated heterocycles. The first kappa shape index (κ1) is 24.5. The van der Waals surface area contributed by atoms with Crippen LogP contribution in [0.5, 0.6) is 5.75 Å². The standard InChI is InChI=1S/C26H28N6O4/c27-23(34)21-6-3-13-32(21)25(36)20(14-15-7-10-17(11-8-15)30-26(28)29)31-24(35)19-12-9-16-4-1-2-5-18(16)22(19)33/h1-2,4-5,7-12,20-21,33H,3,6,13-14H2,(H2,27,34)(H,31,35)(H4,28,29,30)/t20-,21-/m0/s1. The Kier molecular flexibility index (Phi) is 7.05. The van der Waals surface area contributed by atoms with Crippen molar-refractivity contribution in [2.75, 3.05) is 6.54 Å². The maximum atomic E-state index is 13.5. The molecule has 1 aliphatic rings. The number of nitrogens with two attached hydrogens (primary N) is 3. The molecular formula is C26H28N6O4. The summed E-state index contributed by atoms with van der Waals surface area (Å²) in [5.41, 5.74) is 17.7. The molecule has 0 saturated carbocycles. The molecule has 1 heterocycles. The Labute approximate surface area is 207 Å². The van der Waals surface area contributed by atoms with Crippen LogP contribution in [0.4, 0.5) is 5.69 Å². The van der Waals surface area contributed by atoms with Gasteiger partial charge < -0.3 is 32.5 Å². The van der Waals surface area contributed by atoms with E-state index in [2.05, 4.69) is 10.3 Å². The average molecular weight is 489 g/mol. The number of amides is 3. The number of phenols is 1. The van der Waals surface area contributed by atoms with Gasteiger partial charge in [0.1, 0.15) is 17.8 Å². The van der Waals surface area contributed by atoms with Crippen molar-refractivity contribution in [1.29, 1.82) is 0 Å². The van der Waals surface area contributed by atoms with E-state index in [1.807, 2.05) is 12.1 Å². The van der Waals surface area contributed by atoms with Crippen LogP contribution in [0.25, 0.3) is 10.8 Å². The number of aliphatic imine (C=N–C) groups is 1. The zero-order chi connectivity index (χ0) is 25.8. The largest absolute Gasteiger partial charge is 0.506 e. The SMILES string of the molecule is NC(=O)[C@@H]1CCCN1C(=O)[C@H](Cc1ccc(N=C(N)N)cc1)NC(=O)c1ccc2ccccc2c1O. The van der Waals surface area contributed by atoms with Crippen LogP contribution in [-0.2, 0) is 16.0 Å². The number of benzene rings is 3. The summed E-state index contributed by atoms with van der Waals surface area (Å²) in [5.74, 6) is -1.86. The molecule has 1 fully saturated rings. The molecule has 0 bridgehead atoms. The number of nitrogens with one attached hydrogen (secondary N) is 1. The lowest BCUT2D eigenvalue weighted by Gasteiger charge is -2.28. The van der Waals surface area contributed by atoms with E-state index in [0.29, 0.717) is 30.5 Å². The molecule has 0 unspecified atom stereocenters. The van der Waals surface area contributed by atoms with Crippen molar-refractivity contribution < 1.29 is 19.5 Å². The number of phenolic OH excluding ortho intramolecular Hbond substituents is 1. The Hall–Kier alpha value is -4.60. The highest BCUT2D eigenvalue weighted by molar-refractivity contribution is 6.05. The number of hydrogen-bond donors (Lipinski definition) is 5. The smallest absolute Gasteiger partial charge is 0.255 e. The van der Waals surface area contributed by atoms with Gasteiger partial charge in [0.25, 0.3) is 5.91 Å². The molecule has 8 N–H and O–H groups in total. The van der Waals surface area contributed by atoms with Crippen LogP contribution >= 0.6 is 0 Å². The number of hydrogen-bond acceptors (Lipinski definition) is 5. The van der Waals surface area contributed by atoms with Crippen molar-refractivity contribution in [1.82, 2.24) is 10.2 Å². The lowest BCUT2D eigenvalue weighted by atomic mass is 10.0. The lowest BCUT2D eigenvalue weighted by molar-refractivity contribution is -0.138. The summed E-state index contributed by atoms with van der Waals surface area (Å²) in [4.78, 5) is 44.1. The number of fused-ring (bicyclic) bond motifs is 1. The van der Waals surface area contributed by atoms with Gasteiger partial charge in [-0.15, -0.1) is 0 Å². The number of rotatable bonds is 7. The quantitative estimate of drug-likeness (QED) is 0.247. The number of carbonyl (C=O) groups is 3. The molecule has 3 aromatic carbocycles. The zero-order valence-corrected chi connectivity index (χ0v) is 19.6. The highest BCUT2D eigenvalue weighted by atomic mass is 16.3. The highest BCUT2D eigenvalue weighted by Crippen LogP contribution is 2.29. The van der Waals surface area contributed by atoms with Gasteiger partial charge in [0.15, 0.2) is 5.96 Å². The number of likely N-dealkylation sites (tertiary alicyclic amines) is 1. The Morgan fingerprint density at radius 3 is 2.44 bits per heavy atom. The molecule has 186 valence electrons. The Morgan fingerprint density at radius 2 is 1.75 bits per heavy atom. The predicted molar refractivity (Wildman–Crippen MR) is 136 cm³/mol. The van der Waals surface area contributed by atoms with Gasteiger partial charge >= 0.3 is 0 Å². The van der Waals surface area contributed by atoms with Gasteiger partial charge in [-0.05, 0) is 42.0 Å². The molecule has 10 heteroatoms. The van der Waals surface area contributed by atoms with E-state index in [1.54, 1.807) is 42.5 Å². The third kappa shape index (κ3) is 5.22. The minimum atomic E-state index is -1.00. The molecule has 36 heavy (non-hydrogen) atoms. The van der Waals surface area contributed by atoms with Gasteiger partial charge in [-0.2, -0.15) is 0 Å². The minimum absolute atomic E-state index is 0.0440. The van der Waals surface area contributed by atoms with Crippen LogP contribution in [0.15, 0.2) is 65.7 Å². The van der Waals surface area contributed by atoms with Crippen LogP contribution in [-0.4, -0.2) is 52.3 Å². The third-order valence-electron chi connectivity index (χ3n) is 6.25. The third-order valence-corrected chi connectivity index (χ3v) is 6.25. The molecule has 3 aromatic rings. The first-order valence-corrected chi connectivity index (χ1v) is 11.5. The molecule has 3 amide bonds. The molecular weight excluding hydrogens is 460 g/mol. The summed E-state index contributed by atoms with van der Waals surface area (Å²) in [6.07, 6.45) is 1.25. The maximum absolute atomic E-state index is 13.5. The zero-order valence-electron chi connectivity index (χ0n) is 19.6. The van der Waals surface area contributed by atoms with Crippen molar-refractivity contribution >= 4 is 40.1 Å². The van der Waals surface area contributed by atoms with Gasteiger partial charge in [-0.3, -0.25) is 14.4 Å². The topological polar surface area (TPSA) is 177 Å². The van der Waals surface area contributed by atoms with Gasteiger partial charge in [0.2, 0.25) is 11.8 Å². The maximum Gasteiger partial charge on any atom is 0.255 e. The van der Waals surface area contributed by atoms with E-state index in [0.717, 1.165) is 10.9 Å². The van der Waals surface area contributed by atoms with Gasteiger partial charge in [-0.25, -0.2) is 4.99 Å². The summed E-state index contributed by atoms with van der Waals surface area (Å²) in [6.45, 7) is 0.365. The van der Waals surface area contributed by atoms with Crippen LogP contribution in [0, 0.1) is 0 Å². The van der Waals surface area contributed by atoms with E-state index in [-0.39, 0.29) is 23.7 Å². The van der Waals surface area contributed by atoms with Crippen molar-refractivity contribution in [2.24, 2.45) is 22.2 Å². The van der Waals surface area contributed by atoms with Crippen LogP contribution in [0.3, 0.4) is 0 Å². The highest BCUT2D eigenvalue weighted by Gasteiger charge is 2.37. The van der Waals surface area contributed by atoms with Crippen LogP contribution in [0.1, 0.15) is 28.8 Å². The Balaban J connectivity index is 1.63. The fourth-order valence-electron chi connectivity index (χ4n) is 4.49. The number of aromatic hydroxyl groups is 1. The molecule has 1 aliphatic heterocycles. The van der Waals surface area contributed by atoms with Gasteiger partial charge in [0.05, 0.1) is 11.3 Å². The Morgan fingerprint density at radius 1 is 1.03 bits per heavy atom. The van der Waals surface area contributed by atoms with Crippen LogP contribution in [0.2, 0.25) is 0 Å². The molecule has 0 aliphatic carbocycles. The molecule has 0 radical (unpaired) electrons. The van der Waals surface area contributed by atoms with Crippen molar-refractivity contribution in [3.8, 4) is 5.75 Å². The molecule has 2 atom stereocenters. The van der Waals surface area contributed by atoms with E-state index >= 15 is 0 Å². The fourth-order valence-corrected chi connectivity index (χ4v) is 4.49. The summed E-state index contributed by atoms with van der Waals surface area (Å²) < 4.78 is 0. The summed E-state index contributed by atoms with van der Waals surface area (Å²) in [6, 6.07) is 15.5. The van der Waals surface area contributed by atoms with Gasteiger partial charge in [-0.1, -0.05) is 42.5 Å². The average Bonchev–Trinajstić information content (AvgIpc) is 3.35. The molecule has 0 spiro atoms. The first-order chi connectivity index (χ1) is 17.2. The molecule has 10 nitrogen and oxygen atoms in total. The second-order valence-electron chi connectivity index (χ2n) is 8.71. The van der Waals surface area contributed by atoms with E-state index < -0.39 is 29.8 Å².